The third kappa shape index (κ3) is 5.81. The predicted molar refractivity (Wildman–Crippen MR) is 155 cm³/mol. The average molecular weight is 556 g/mol. The molecule has 40 heavy (non-hydrogen) atoms. The number of nitrogens with one attached hydrogen (secondary N) is 2. The van der Waals surface area contributed by atoms with Gasteiger partial charge in [0.25, 0.3) is 0 Å². The van der Waals surface area contributed by atoms with Crippen LogP contribution in [-0.4, -0.2) is 55.9 Å². The SMILES string of the molecule is CN(Cc1ccc2cc1CCc1cncc(c1)Nc1ncc(Cl)c(n1)N2)C(=O)C1CCN(c2ncccn2)CC1. The van der Waals surface area contributed by atoms with E-state index >= 15 is 0 Å². The number of aromatic nitrogens is 5. The summed E-state index contributed by atoms with van der Waals surface area (Å²) in [4.78, 5) is 39.4. The molecule has 11 heteroatoms. The van der Waals surface area contributed by atoms with E-state index in [9.17, 15) is 4.79 Å². The van der Waals surface area contributed by atoms with E-state index in [1.165, 1.54) is 0 Å². The van der Waals surface area contributed by atoms with E-state index in [1.54, 1.807) is 24.8 Å². The van der Waals surface area contributed by atoms with Gasteiger partial charge in [-0.1, -0.05) is 17.7 Å². The van der Waals surface area contributed by atoms with Gasteiger partial charge in [-0.25, -0.2) is 15.0 Å². The van der Waals surface area contributed by atoms with Crippen molar-refractivity contribution < 1.29 is 4.79 Å². The number of aryl methyl sites for hydroxylation is 2. The zero-order valence-electron chi connectivity index (χ0n) is 22.2. The van der Waals surface area contributed by atoms with Crippen molar-refractivity contribution in [1.29, 1.82) is 0 Å². The molecule has 1 amide bonds. The summed E-state index contributed by atoms with van der Waals surface area (Å²) in [6.07, 6.45) is 11.9. The molecule has 1 saturated heterocycles. The van der Waals surface area contributed by atoms with Gasteiger partial charge >= 0.3 is 0 Å². The quantitative estimate of drug-likeness (QED) is 0.367. The molecule has 6 rings (SSSR count). The molecule has 1 aromatic carbocycles. The van der Waals surface area contributed by atoms with Gasteiger partial charge in [0.15, 0.2) is 5.82 Å². The molecule has 5 heterocycles. The van der Waals surface area contributed by atoms with Gasteiger partial charge in [0.1, 0.15) is 5.02 Å². The molecule has 6 bridgehead atoms. The van der Waals surface area contributed by atoms with Crippen LogP contribution in [0, 0.1) is 5.92 Å². The van der Waals surface area contributed by atoms with E-state index in [-0.39, 0.29) is 11.8 Å². The summed E-state index contributed by atoms with van der Waals surface area (Å²) in [7, 11) is 1.90. The lowest BCUT2D eigenvalue weighted by atomic mass is 9.94. The summed E-state index contributed by atoms with van der Waals surface area (Å²) in [5, 5.41) is 6.97. The molecule has 0 spiro atoms. The topological polar surface area (TPSA) is 112 Å². The zero-order valence-corrected chi connectivity index (χ0v) is 23.0. The van der Waals surface area contributed by atoms with Gasteiger partial charge in [0.2, 0.25) is 17.8 Å². The summed E-state index contributed by atoms with van der Waals surface area (Å²) in [6, 6.07) is 10.1. The summed E-state index contributed by atoms with van der Waals surface area (Å²) in [5.74, 6) is 1.85. The molecule has 10 nitrogen and oxygen atoms in total. The maximum absolute atomic E-state index is 13.4. The summed E-state index contributed by atoms with van der Waals surface area (Å²) < 4.78 is 0. The lowest BCUT2D eigenvalue weighted by molar-refractivity contribution is -0.135. The van der Waals surface area contributed by atoms with E-state index in [4.69, 9.17) is 11.6 Å². The Hall–Kier alpha value is -4.31. The highest BCUT2D eigenvalue weighted by molar-refractivity contribution is 6.32. The number of carbonyl (C=O) groups is 1. The number of carbonyl (C=O) groups excluding carboxylic acids is 1. The average Bonchev–Trinajstić information content (AvgIpc) is 2.99. The number of anilines is 5. The molecular formula is C29H30ClN9O. The van der Waals surface area contributed by atoms with Crippen LogP contribution in [0.1, 0.15) is 29.5 Å². The van der Waals surface area contributed by atoms with Crippen LogP contribution in [0.4, 0.5) is 29.1 Å². The third-order valence-electron chi connectivity index (χ3n) is 7.41. The smallest absolute Gasteiger partial charge is 0.229 e. The minimum atomic E-state index is -0.00798. The number of nitrogens with zero attached hydrogens (tertiary/aromatic N) is 7. The number of hydrogen-bond donors (Lipinski definition) is 2. The van der Waals surface area contributed by atoms with Crippen molar-refractivity contribution in [2.24, 2.45) is 5.92 Å². The van der Waals surface area contributed by atoms with Crippen molar-refractivity contribution in [2.45, 2.75) is 32.2 Å². The van der Waals surface area contributed by atoms with E-state index in [0.29, 0.717) is 23.3 Å². The van der Waals surface area contributed by atoms with Crippen LogP contribution < -0.4 is 15.5 Å². The molecule has 3 aromatic heterocycles. The second kappa shape index (κ2) is 11.4. The fraction of sp³-hybridized carbons (Fsp3) is 0.310. The number of fused-ring (bicyclic) bond motifs is 6. The molecule has 0 radical (unpaired) electrons. The van der Waals surface area contributed by atoms with Crippen molar-refractivity contribution in [2.75, 3.05) is 35.7 Å². The molecule has 0 aliphatic carbocycles. The Morgan fingerprint density at radius 2 is 1.85 bits per heavy atom. The van der Waals surface area contributed by atoms with Crippen LogP contribution >= 0.6 is 11.6 Å². The van der Waals surface area contributed by atoms with Crippen molar-refractivity contribution in [3.05, 3.63) is 83.0 Å². The first-order valence-corrected chi connectivity index (χ1v) is 13.8. The van der Waals surface area contributed by atoms with Gasteiger partial charge in [-0.2, -0.15) is 4.98 Å². The summed E-state index contributed by atoms with van der Waals surface area (Å²) in [6.45, 7) is 2.08. The predicted octanol–water partition coefficient (Wildman–Crippen LogP) is 4.78. The number of rotatable bonds is 4. The Kier molecular flexibility index (Phi) is 7.41. The molecule has 204 valence electrons. The monoisotopic (exact) mass is 555 g/mol. The Morgan fingerprint density at radius 3 is 2.67 bits per heavy atom. The van der Waals surface area contributed by atoms with Crippen LogP contribution in [-0.2, 0) is 24.2 Å². The first-order valence-electron chi connectivity index (χ1n) is 13.4. The first-order chi connectivity index (χ1) is 19.5. The minimum Gasteiger partial charge on any atom is -0.341 e. The molecule has 2 aliphatic heterocycles. The Morgan fingerprint density at radius 1 is 1.02 bits per heavy atom. The molecule has 2 aliphatic rings. The van der Waals surface area contributed by atoms with Gasteiger partial charge in [0.05, 0.1) is 18.1 Å². The highest BCUT2D eigenvalue weighted by atomic mass is 35.5. The molecular weight excluding hydrogens is 526 g/mol. The molecule has 0 unspecified atom stereocenters. The van der Waals surface area contributed by atoms with E-state index in [2.05, 4.69) is 58.7 Å². The van der Waals surface area contributed by atoms with Gasteiger partial charge in [-0.3, -0.25) is 9.78 Å². The van der Waals surface area contributed by atoms with Gasteiger partial charge in [-0.05, 0) is 66.6 Å². The fourth-order valence-corrected chi connectivity index (χ4v) is 5.41. The maximum atomic E-state index is 13.4. The summed E-state index contributed by atoms with van der Waals surface area (Å²) >= 11 is 6.40. The molecule has 0 atom stereocenters. The van der Waals surface area contributed by atoms with Crippen molar-refractivity contribution in [1.82, 2.24) is 29.8 Å². The summed E-state index contributed by atoms with van der Waals surface area (Å²) in [5.41, 5.74) is 5.05. The highest BCUT2D eigenvalue weighted by Crippen LogP contribution is 2.29. The van der Waals surface area contributed by atoms with Crippen molar-refractivity contribution >= 4 is 46.6 Å². The molecule has 4 aromatic rings. The minimum absolute atomic E-state index is 0.00798. The normalized spacial score (nSPS) is 15.1. The van der Waals surface area contributed by atoms with Crippen molar-refractivity contribution in [3.63, 3.8) is 0 Å². The van der Waals surface area contributed by atoms with Gasteiger partial charge in [0, 0.05) is 56.9 Å². The second-order valence-corrected chi connectivity index (χ2v) is 10.6. The Bertz CT molecular complexity index is 1510. The standard InChI is InChI=1S/C29H30ClN9O/c1-38(27(40)20-7-11-39(12-8-20)29-32-9-2-10-33-29)18-22-5-6-23-14-21(22)4-3-19-13-24(16-31-15-19)36-28-34-17-25(30)26(35-23)37-28/h2,5-6,9-10,13-17,20H,3-4,7-8,11-12,18H2,1H3,(H2,34,35,36,37). The van der Waals surface area contributed by atoms with E-state index < -0.39 is 0 Å². The third-order valence-corrected chi connectivity index (χ3v) is 7.69. The largest absolute Gasteiger partial charge is 0.341 e. The molecule has 1 fully saturated rings. The number of pyridine rings is 1. The first kappa shape index (κ1) is 25.9. The molecule has 0 saturated carbocycles. The number of hydrogen-bond acceptors (Lipinski definition) is 9. The zero-order chi connectivity index (χ0) is 27.5. The van der Waals surface area contributed by atoms with Gasteiger partial charge in [-0.15, -0.1) is 0 Å². The second-order valence-electron chi connectivity index (χ2n) is 10.2. The van der Waals surface area contributed by atoms with Crippen LogP contribution in [0.5, 0.6) is 0 Å². The fourth-order valence-electron chi connectivity index (χ4n) is 5.27. The Labute approximate surface area is 237 Å². The maximum Gasteiger partial charge on any atom is 0.229 e. The van der Waals surface area contributed by atoms with Crippen LogP contribution in [0.2, 0.25) is 5.02 Å². The van der Waals surface area contributed by atoms with Crippen molar-refractivity contribution in [3.8, 4) is 0 Å². The van der Waals surface area contributed by atoms with E-state index in [0.717, 1.165) is 72.8 Å². The number of halogens is 1. The van der Waals surface area contributed by atoms with E-state index in [1.807, 2.05) is 30.3 Å². The van der Waals surface area contributed by atoms with Gasteiger partial charge < -0.3 is 20.4 Å². The number of amides is 1. The van der Waals surface area contributed by atoms with Crippen LogP contribution in [0.15, 0.2) is 61.3 Å². The molecule has 2 N–H and O–H groups in total. The lowest BCUT2D eigenvalue weighted by Crippen LogP contribution is -2.41. The number of benzene rings is 1. The van der Waals surface area contributed by atoms with Crippen LogP contribution in [0.25, 0.3) is 0 Å². The number of piperidine rings is 1. The Balaban J connectivity index is 1.20. The van der Waals surface area contributed by atoms with Crippen LogP contribution in [0.3, 0.4) is 0 Å². The highest BCUT2D eigenvalue weighted by Gasteiger charge is 2.28. The lowest BCUT2D eigenvalue weighted by Gasteiger charge is -2.33.